The van der Waals surface area contributed by atoms with E-state index in [1.807, 2.05) is 0 Å². The second-order valence-corrected chi connectivity index (χ2v) is 6.07. The van der Waals surface area contributed by atoms with Crippen molar-refractivity contribution in [2.45, 2.75) is 45.3 Å². The number of nitrogens with one attached hydrogen (secondary N) is 1. The van der Waals surface area contributed by atoms with Crippen LogP contribution >= 0.6 is 0 Å². The Hall–Kier alpha value is -3.28. The van der Waals surface area contributed by atoms with E-state index in [0.29, 0.717) is 0 Å². The molecule has 0 unspecified atom stereocenters. The topological polar surface area (TPSA) is 152 Å². The maximum atomic E-state index is 11.9. The Morgan fingerprint density at radius 3 is 2.43 bits per heavy atom. The standard InChI is InChI=1S/C16H18N4O8/c1-7(21)25-4-10-12(26-8(2)22)13(27-9(3)23)16(28-10)20-6-19-11-14(20)17-5-18-15(11)24/h5-6,10,12-13,16H,4H2,1-3H3,(H,17,18,24)/t10-,12-,13-,16-/m0/s1. The monoisotopic (exact) mass is 394 g/mol. The number of carbonyl (C=O) groups is 3. The van der Waals surface area contributed by atoms with Gasteiger partial charge in [0.1, 0.15) is 12.7 Å². The van der Waals surface area contributed by atoms with Crippen LogP contribution in [0.5, 0.6) is 0 Å². The van der Waals surface area contributed by atoms with Gasteiger partial charge in [-0.2, -0.15) is 0 Å². The molecular weight excluding hydrogens is 376 g/mol. The Bertz CT molecular complexity index is 967. The molecule has 0 bridgehead atoms. The molecule has 12 nitrogen and oxygen atoms in total. The molecule has 3 heterocycles. The third-order valence-corrected chi connectivity index (χ3v) is 3.98. The van der Waals surface area contributed by atoms with Gasteiger partial charge in [-0.05, 0) is 0 Å². The van der Waals surface area contributed by atoms with Crippen LogP contribution in [0.1, 0.15) is 27.0 Å². The Kier molecular flexibility index (Phi) is 5.40. The Morgan fingerprint density at radius 1 is 1.11 bits per heavy atom. The van der Waals surface area contributed by atoms with E-state index < -0.39 is 48.0 Å². The Labute approximate surface area is 157 Å². The summed E-state index contributed by atoms with van der Waals surface area (Å²) in [4.78, 5) is 56.8. The number of H-pyrrole nitrogens is 1. The number of aromatic amines is 1. The van der Waals surface area contributed by atoms with E-state index in [0.717, 1.165) is 0 Å². The molecule has 2 aromatic rings. The molecule has 12 heteroatoms. The predicted molar refractivity (Wildman–Crippen MR) is 89.8 cm³/mol. The first kappa shape index (κ1) is 19.5. The van der Waals surface area contributed by atoms with Gasteiger partial charge >= 0.3 is 17.9 Å². The lowest BCUT2D eigenvalue weighted by Gasteiger charge is -2.23. The summed E-state index contributed by atoms with van der Waals surface area (Å²) in [6.07, 6.45) is -1.58. The van der Waals surface area contributed by atoms with E-state index in [4.69, 9.17) is 18.9 Å². The van der Waals surface area contributed by atoms with Gasteiger partial charge in [0, 0.05) is 20.8 Å². The van der Waals surface area contributed by atoms with Crippen LogP contribution in [0.2, 0.25) is 0 Å². The molecule has 150 valence electrons. The maximum absolute atomic E-state index is 11.9. The molecule has 0 saturated carbocycles. The van der Waals surface area contributed by atoms with Gasteiger partial charge in [-0.25, -0.2) is 9.97 Å². The number of rotatable bonds is 5. The molecule has 1 aliphatic heterocycles. The average molecular weight is 394 g/mol. The van der Waals surface area contributed by atoms with Crippen molar-refractivity contribution in [3.05, 3.63) is 23.0 Å². The number of imidazole rings is 1. The van der Waals surface area contributed by atoms with Gasteiger partial charge in [0.05, 0.1) is 12.7 Å². The van der Waals surface area contributed by atoms with E-state index in [9.17, 15) is 19.2 Å². The number of esters is 3. The lowest BCUT2D eigenvalue weighted by Crippen LogP contribution is -2.40. The Balaban J connectivity index is 2.02. The fourth-order valence-corrected chi connectivity index (χ4v) is 2.97. The lowest BCUT2D eigenvalue weighted by atomic mass is 10.1. The molecule has 1 aliphatic rings. The zero-order chi connectivity index (χ0) is 20.4. The summed E-state index contributed by atoms with van der Waals surface area (Å²) >= 11 is 0. The lowest BCUT2D eigenvalue weighted by molar-refractivity contribution is -0.166. The van der Waals surface area contributed by atoms with E-state index in [2.05, 4.69) is 15.0 Å². The summed E-state index contributed by atoms with van der Waals surface area (Å²) in [6.45, 7) is 3.36. The van der Waals surface area contributed by atoms with Crippen molar-refractivity contribution in [3.63, 3.8) is 0 Å². The number of ether oxygens (including phenoxy) is 4. The molecule has 0 amide bonds. The molecule has 1 saturated heterocycles. The molecule has 1 fully saturated rings. The van der Waals surface area contributed by atoms with Crippen LogP contribution in [0.4, 0.5) is 0 Å². The molecule has 4 atom stereocenters. The number of hydrogen-bond donors (Lipinski definition) is 1. The SMILES string of the molecule is CC(=O)OC[C@@H]1O[C@H](n2cnc3c(=O)[nH]cnc32)[C@@H](OC(C)=O)[C@H]1OC(C)=O. The molecule has 0 aromatic carbocycles. The molecular formula is C16H18N4O8. The van der Waals surface area contributed by atoms with Crippen molar-refractivity contribution >= 4 is 29.1 Å². The first-order chi connectivity index (χ1) is 13.3. The molecule has 0 spiro atoms. The van der Waals surface area contributed by atoms with Gasteiger partial charge in [0.25, 0.3) is 5.56 Å². The van der Waals surface area contributed by atoms with E-state index in [1.165, 1.54) is 38.0 Å². The maximum Gasteiger partial charge on any atom is 0.303 e. The zero-order valence-electron chi connectivity index (χ0n) is 15.3. The van der Waals surface area contributed by atoms with Gasteiger partial charge < -0.3 is 23.9 Å². The normalized spacial score (nSPS) is 24.1. The Morgan fingerprint density at radius 2 is 1.79 bits per heavy atom. The highest BCUT2D eigenvalue weighted by Gasteiger charge is 2.51. The molecule has 0 radical (unpaired) electrons. The smallest absolute Gasteiger partial charge is 0.303 e. The minimum absolute atomic E-state index is 0.0557. The van der Waals surface area contributed by atoms with E-state index in [1.54, 1.807) is 0 Å². The van der Waals surface area contributed by atoms with Gasteiger partial charge in [0.2, 0.25) is 0 Å². The predicted octanol–water partition coefficient (Wildman–Crippen LogP) is -0.556. The van der Waals surface area contributed by atoms with Crippen molar-refractivity contribution < 1.29 is 33.3 Å². The van der Waals surface area contributed by atoms with Crippen molar-refractivity contribution in [1.29, 1.82) is 0 Å². The van der Waals surface area contributed by atoms with Crippen LogP contribution in [0.15, 0.2) is 17.4 Å². The van der Waals surface area contributed by atoms with Crippen molar-refractivity contribution in [2.75, 3.05) is 6.61 Å². The van der Waals surface area contributed by atoms with Crippen molar-refractivity contribution in [2.24, 2.45) is 0 Å². The number of aromatic nitrogens is 4. The minimum atomic E-state index is -1.08. The highest BCUT2D eigenvalue weighted by atomic mass is 16.7. The fourth-order valence-electron chi connectivity index (χ4n) is 2.97. The summed E-state index contributed by atoms with van der Waals surface area (Å²) < 4.78 is 22.8. The van der Waals surface area contributed by atoms with Crippen LogP contribution in [-0.2, 0) is 33.3 Å². The van der Waals surface area contributed by atoms with Gasteiger partial charge in [-0.1, -0.05) is 0 Å². The van der Waals surface area contributed by atoms with Gasteiger partial charge in [0.15, 0.2) is 29.6 Å². The molecule has 2 aromatic heterocycles. The first-order valence-corrected chi connectivity index (χ1v) is 8.31. The van der Waals surface area contributed by atoms with Gasteiger partial charge in [-0.15, -0.1) is 0 Å². The molecule has 0 aliphatic carbocycles. The van der Waals surface area contributed by atoms with Crippen LogP contribution < -0.4 is 5.56 Å². The number of fused-ring (bicyclic) bond motifs is 1. The second kappa shape index (κ2) is 7.76. The highest BCUT2D eigenvalue weighted by Crippen LogP contribution is 2.35. The second-order valence-electron chi connectivity index (χ2n) is 6.07. The van der Waals surface area contributed by atoms with E-state index >= 15 is 0 Å². The fraction of sp³-hybridized carbons (Fsp3) is 0.500. The van der Waals surface area contributed by atoms with Gasteiger partial charge in [-0.3, -0.25) is 23.7 Å². The first-order valence-electron chi connectivity index (χ1n) is 8.31. The quantitative estimate of drug-likeness (QED) is 0.516. The number of carbonyl (C=O) groups excluding carboxylic acids is 3. The highest BCUT2D eigenvalue weighted by molar-refractivity contribution is 5.70. The summed E-state index contributed by atoms with van der Waals surface area (Å²) in [5.41, 5.74) is -0.223. The average Bonchev–Trinajstić information content (AvgIpc) is 3.16. The third kappa shape index (κ3) is 3.86. The minimum Gasteiger partial charge on any atom is -0.463 e. The van der Waals surface area contributed by atoms with Crippen LogP contribution in [0.3, 0.4) is 0 Å². The summed E-state index contributed by atoms with van der Waals surface area (Å²) in [6, 6.07) is 0. The molecule has 1 N–H and O–H groups in total. The summed E-state index contributed by atoms with van der Waals surface area (Å²) in [5, 5.41) is 0. The molecule has 28 heavy (non-hydrogen) atoms. The van der Waals surface area contributed by atoms with Crippen LogP contribution in [-0.4, -0.2) is 62.3 Å². The number of hydrogen-bond acceptors (Lipinski definition) is 10. The van der Waals surface area contributed by atoms with E-state index in [-0.39, 0.29) is 17.8 Å². The molecule has 3 rings (SSSR count). The largest absolute Gasteiger partial charge is 0.463 e. The third-order valence-electron chi connectivity index (χ3n) is 3.98. The van der Waals surface area contributed by atoms with Crippen LogP contribution in [0.25, 0.3) is 11.2 Å². The number of nitrogens with zero attached hydrogens (tertiary/aromatic N) is 3. The van der Waals surface area contributed by atoms with Crippen molar-refractivity contribution in [1.82, 2.24) is 19.5 Å². The van der Waals surface area contributed by atoms with Crippen molar-refractivity contribution in [3.8, 4) is 0 Å². The van der Waals surface area contributed by atoms with Crippen LogP contribution in [0, 0.1) is 0 Å². The zero-order valence-corrected chi connectivity index (χ0v) is 15.3. The summed E-state index contributed by atoms with van der Waals surface area (Å²) in [5.74, 6) is -1.83. The summed E-state index contributed by atoms with van der Waals surface area (Å²) in [7, 11) is 0.